The summed E-state index contributed by atoms with van der Waals surface area (Å²) in [6.45, 7) is 4.72. The molecule has 0 saturated heterocycles. The third kappa shape index (κ3) is 5.28. The van der Waals surface area contributed by atoms with Crippen LogP contribution in [0.4, 0.5) is 17.1 Å². The zero-order chi connectivity index (χ0) is 44.4. The molecule has 14 rings (SSSR count). The van der Waals surface area contributed by atoms with Gasteiger partial charge >= 0.3 is 0 Å². The Labute approximate surface area is 388 Å². The van der Waals surface area contributed by atoms with Crippen LogP contribution >= 0.6 is 0 Å². The fraction of sp³-hybridized carbons (Fsp3) is 0.0625. The Bertz CT molecular complexity index is 3980. The van der Waals surface area contributed by atoms with Crippen molar-refractivity contribution in [3.05, 3.63) is 258 Å². The van der Waals surface area contributed by atoms with E-state index in [9.17, 15) is 0 Å². The molecule has 2 aliphatic carbocycles. The van der Waals surface area contributed by atoms with Crippen LogP contribution in [0, 0.1) is 0 Å². The number of furan rings is 2. The van der Waals surface area contributed by atoms with E-state index in [4.69, 9.17) is 8.83 Å². The molecule has 2 aliphatic rings. The maximum Gasteiger partial charge on any atom is 0.135 e. The third-order valence-corrected chi connectivity index (χ3v) is 15.0. The van der Waals surface area contributed by atoms with Crippen LogP contribution in [0.5, 0.6) is 0 Å². The average molecular weight is 858 g/mol. The summed E-state index contributed by atoms with van der Waals surface area (Å²) >= 11 is 0. The molecule has 0 radical (unpaired) electrons. The summed E-state index contributed by atoms with van der Waals surface area (Å²) in [6, 6.07) is 82.3. The highest BCUT2D eigenvalue weighted by molar-refractivity contribution is 6.08. The summed E-state index contributed by atoms with van der Waals surface area (Å²) in [6.07, 6.45) is 0. The number of benzene rings is 10. The number of rotatable bonds is 6. The second-order valence-corrected chi connectivity index (χ2v) is 18.7. The van der Waals surface area contributed by atoms with Crippen molar-refractivity contribution >= 4 is 60.9 Å². The van der Waals surface area contributed by atoms with Crippen LogP contribution in [0.15, 0.2) is 233 Å². The van der Waals surface area contributed by atoms with Gasteiger partial charge in [0.2, 0.25) is 0 Å². The van der Waals surface area contributed by atoms with Gasteiger partial charge in [0.15, 0.2) is 0 Å². The molecule has 316 valence electrons. The normalized spacial score (nSPS) is 15.5. The van der Waals surface area contributed by atoms with Gasteiger partial charge in [-0.2, -0.15) is 0 Å². The minimum atomic E-state index is -0.652. The molecule has 3 heteroatoms. The smallest absolute Gasteiger partial charge is 0.135 e. The van der Waals surface area contributed by atoms with E-state index in [0.29, 0.717) is 0 Å². The van der Waals surface area contributed by atoms with Gasteiger partial charge in [-0.3, -0.25) is 0 Å². The lowest BCUT2D eigenvalue weighted by Gasteiger charge is -2.35. The van der Waals surface area contributed by atoms with E-state index in [1.165, 1.54) is 66.8 Å². The Kier molecular flexibility index (Phi) is 7.95. The monoisotopic (exact) mass is 857 g/mol. The molecular formula is C64H43NO2. The van der Waals surface area contributed by atoms with Crippen molar-refractivity contribution < 1.29 is 8.83 Å². The Hall–Kier alpha value is -8.40. The standard InChI is InChI=1S/C64H43NO2/c1-63(2)53-25-11-7-23-50(53)62-49(24-16-27-55(62)63)46-20-8-13-28-57(46)65(42-33-36-61-52(38-42)48-22-10-15-30-59(48)67-61)43-32-34-45-44-19-6-12-26-54(44)64(56(45)39-43,40-17-4-3-5-18-40)41-31-35-60-51(37-41)47-21-9-14-29-58(47)66-60/h3-39H,1-2H3. The van der Waals surface area contributed by atoms with Crippen LogP contribution in [0.2, 0.25) is 0 Å². The van der Waals surface area contributed by atoms with Gasteiger partial charge in [0.25, 0.3) is 0 Å². The fourth-order valence-electron chi connectivity index (χ4n) is 12.0. The minimum absolute atomic E-state index is 0.133. The lowest BCUT2D eigenvalue weighted by molar-refractivity contribution is 0.660. The van der Waals surface area contributed by atoms with Crippen LogP contribution in [0.1, 0.15) is 47.2 Å². The van der Waals surface area contributed by atoms with Crippen molar-refractivity contribution in [3.63, 3.8) is 0 Å². The molecule has 0 amide bonds. The first-order chi connectivity index (χ1) is 33.0. The first-order valence-corrected chi connectivity index (χ1v) is 23.2. The average Bonchev–Trinajstić information content (AvgIpc) is 4.10. The van der Waals surface area contributed by atoms with E-state index in [1.807, 2.05) is 12.1 Å². The highest BCUT2D eigenvalue weighted by Crippen LogP contribution is 2.59. The molecule has 0 saturated carbocycles. The van der Waals surface area contributed by atoms with E-state index in [1.54, 1.807) is 0 Å². The molecule has 0 aliphatic heterocycles. The Morgan fingerprint density at radius 2 is 0.866 bits per heavy atom. The third-order valence-electron chi connectivity index (χ3n) is 15.0. The molecule has 1 unspecified atom stereocenters. The number of fused-ring (bicyclic) bond motifs is 12. The molecular weight excluding hydrogens is 815 g/mol. The summed E-state index contributed by atoms with van der Waals surface area (Å²) in [5, 5.41) is 4.41. The Morgan fingerprint density at radius 1 is 0.328 bits per heavy atom. The van der Waals surface area contributed by atoms with Gasteiger partial charge in [-0.05, 0) is 122 Å². The van der Waals surface area contributed by atoms with Crippen molar-refractivity contribution in [2.45, 2.75) is 24.7 Å². The molecule has 2 heterocycles. The molecule has 10 aromatic carbocycles. The van der Waals surface area contributed by atoms with Gasteiger partial charge in [0.05, 0.1) is 11.1 Å². The van der Waals surface area contributed by atoms with Gasteiger partial charge in [-0.1, -0.05) is 178 Å². The molecule has 3 nitrogen and oxygen atoms in total. The van der Waals surface area contributed by atoms with Gasteiger partial charge in [-0.15, -0.1) is 0 Å². The maximum atomic E-state index is 6.44. The molecule has 0 spiro atoms. The fourth-order valence-corrected chi connectivity index (χ4v) is 12.0. The van der Waals surface area contributed by atoms with Gasteiger partial charge in [0, 0.05) is 43.9 Å². The number of anilines is 3. The second-order valence-electron chi connectivity index (χ2n) is 18.7. The van der Waals surface area contributed by atoms with E-state index < -0.39 is 5.41 Å². The number of nitrogens with zero attached hydrogens (tertiary/aromatic N) is 1. The zero-order valence-electron chi connectivity index (χ0n) is 37.1. The summed E-state index contributed by atoms with van der Waals surface area (Å²) in [5.41, 5.74) is 21.0. The molecule has 2 aromatic heterocycles. The van der Waals surface area contributed by atoms with Crippen LogP contribution in [0.25, 0.3) is 77.3 Å². The predicted molar refractivity (Wildman–Crippen MR) is 276 cm³/mol. The van der Waals surface area contributed by atoms with Crippen LogP contribution in [-0.2, 0) is 10.8 Å². The highest BCUT2D eigenvalue weighted by atomic mass is 16.3. The van der Waals surface area contributed by atoms with Gasteiger partial charge < -0.3 is 13.7 Å². The quantitative estimate of drug-likeness (QED) is 0.167. The molecule has 0 N–H and O–H groups in total. The topological polar surface area (TPSA) is 29.5 Å². The van der Waals surface area contributed by atoms with E-state index in [2.05, 4.69) is 231 Å². The Balaban J connectivity index is 1.06. The molecule has 1 atom stereocenters. The van der Waals surface area contributed by atoms with Crippen LogP contribution in [0.3, 0.4) is 0 Å². The maximum absolute atomic E-state index is 6.44. The number of hydrogen-bond acceptors (Lipinski definition) is 3. The molecule has 0 bridgehead atoms. The summed E-state index contributed by atoms with van der Waals surface area (Å²) in [5.74, 6) is 0. The summed E-state index contributed by atoms with van der Waals surface area (Å²) in [4.78, 5) is 2.48. The molecule has 67 heavy (non-hydrogen) atoms. The Morgan fingerprint density at radius 3 is 1.64 bits per heavy atom. The van der Waals surface area contributed by atoms with Crippen LogP contribution < -0.4 is 4.90 Å². The lowest BCUT2D eigenvalue weighted by Crippen LogP contribution is -2.28. The van der Waals surface area contributed by atoms with E-state index in [0.717, 1.165) is 60.9 Å². The minimum Gasteiger partial charge on any atom is -0.456 e. The summed E-state index contributed by atoms with van der Waals surface area (Å²) < 4.78 is 12.9. The molecule has 12 aromatic rings. The van der Waals surface area contributed by atoms with Gasteiger partial charge in [-0.25, -0.2) is 0 Å². The number of hydrogen-bond donors (Lipinski definition) is 0. The summed E-state index contributed by atoms with van der Waals surface area (Å²) in [7, 11) is 0. The first kappa shape index (κ1) is 37.9. The number of para-hydroxylation sites is 3. The van der Waals surface area contributed by atoms with Crippen molar-refractivity contribution in [1.29, 1.82) is 0 Å². The van der Waals surface area contributed by atoms with Crippen molar-refractivity contribution in [2.24, 2.45) is 0 Å². The second kappa shape index (κ2) is 14.1. The first-order valence-electron chi connectivity index (χ1n) is 23.2. The zero-order valence-corrected chi connectivity index (χ0v) is 37.1. The highest BCUT2D eigenvalue weighted by Gasteiger charge is 2.47. The van der Waals surface area contributed by atoms with E-state index >= 15 is 0 Å². The SMILES string of the molecule is CC1(C)c2ccccc2-c2c(-c3ccccc3N(c3ccc4c(c3)C(c3ccccc3)(c3ccc5oc6ccccc6c5c3)c3ccccc3-4)c3ccc4oc5ccccc5c4c3)cccc21. The largest absolute Gasteiger partial charge is 0.456 e. The van der Waals surface area contributed by atoms with E-state index in [-0.39, 0.29) is 5.41 Å². The predicted octanol–water partition coefficient (Wildman–Crippen LogP) is 17.3. The van der Waals surface area contributed by atoms with Gasteiger partial charge in [0.1, 0.15) is 22.3 Å². The van der Waals surface area contributed by atoms with Crippen molar-refractivity contribution in [2.75, 3.05) is 4.90 Å². The van der Waals surface area contributed by atoms with Crippen molar-refractivity contribution in [1.82, 2.24) is 0 Å². The van der Waals surface area contributed by atoms with Crippen LogP contribution in [-0.4, -0.2) is 0 Å². The molecule has 0 fully saturated rings. The lowest BCUT2D eigenvalue weighted by atomic mass is 9.67. The van der Waals surface area contributed by atoms with Crippen molar-refractivity contribution in [3.8, 4) is 33.4 Å².